The molecule has 150 valence electrons. The third-order valence-corrected chi connectivity index (χ3v) is 5.59. The number of anilines is 1. The lowest BCUT2D eigenvalue weighted by Crippen LogP contribution is -2.27. The Hall–Kier alpha value is -3.49. The lowest BCUT2D eigenvalue weighted by Gasteiger charge is -2.10. The molecule has 0 aliphatic carbocycles. The summed E-state index contributed by atoms with van der Waals surface area (Å²) in [6.45, 7) is 0. The maximum Gasteiger partial charge on any atom is 0.339 e. The van der Waals surface area contributed by atoms with E-state index in [0.717, 1.165) is 0 Å². The van der Waals surface area contributed by atoms with Crippen molar-refractivity contribution < 1.29 is 14.3 Å². The van der Waals surface area contributed by atoms with Crippen LogP contribution in [0.2, 0.25) is 5.02 Å². The van der Waals surface area contributed by atoms with Gasteiger partial charge in [-0.25, -0.2) is 9.78 Å². The molecule has 2 aromatic heterocycles. The highest BCUT2D eigenvalue weighted by molar-refractivity contribution is 7.15. The number of hydrogen-bond acceptors (Lipinski definition) is 6. The molecule has 0 atom stereocenters. The number of esters is 1. The fourth-order valence-electron chi connectivity index (χ4n) is 2.98. The summed E-state index contributed by atoms with van der Waals surface area (Å²) in [6, 6.07) is 13.5. The standard InChI is InChI=1S/C21H14ClN3O4S/c1-29-20(28)13-7-3-5-9-16(13)24-18(26)14-10-23-21-25(19(14)27)17(11-30-21)12-6-2-4-8-15(12)22/h2-11H,1H3,(H,24,26). The molecule has 0 aliphatic rings. The van der Waals surface area contributed by atoms with Crippen LogP contribution >= 0.6 is 22.9 Å². The van der Waals surface area contributed by atoms with E-state index in [1.54, 1.807) is 41.8 Å². The number of hydrogen-bond donors (Lipinski definition) is 1. The van der Waals surface area contributed by atoms with Crippen molar-refractivity contribution in [2.45, 2.75) is 0 Å². The summed E-state index contributed by atoms with van der Waals surface area (Å²) in [5.41, 5.74) is 0.902. The number of amides is 1. The number of thiazole rings is 1. The minimum absolute atomic E-state index is 0.168. The average Bonchev–Trinajstić information content (AvgIpc) is 3.19. The van der Waals surface area contributed by atoms with E-state index in [9.17, 15) is 14.4 Å². The third kappa shape index (κ3) is 3.47. The van der Waals surface area contributed by atoms with Crippen molar-refractivity contribution in [1.29, 1.82) is 0 Å². The van der Waals surface area contributed by atoms with E-state index in [1.807, 2.05) is 6.07 Å². The lowest BCUT2D eigenvalue weighted by atomic mass is 10.1. The van der Waals surface area contributed by atoms with Gasteiger partial charge in [-0.2, -0.15) is 0 Å². The van der Waals surface area contributed by atoms with Gasteiger partial charge in [-0.1, -0.05) is 41.9 Å². The first-order valence-corrected chi connectivity index (χ1v) is 10.00. The zero-order valence-corrected chi connectivity index (χ0v) is 17.2. The number of carbonyl (C=O) groups excluding carboxylic acids is 2. The summed E-state index contributed by atoms with van der Waals surface area (Å²) < 4.78 is 6.09. The van der Waals surface area contributed by atoms with Gasteiger partial charge in [0, 0.05) is 22.2 Å². The van der Waals surface area contributed by atoms with E-state index in [1.165, 1.54) is 35.1 Å². The molecule has 1 N–H and O–H groups in total. The number of carbonyl (C=O) groups is 2. The molecule has 4 rings (SSSR count). The van der Waals surface area contributed by atoms with Crippen LogP contribution in [-0.4, -0.2) is 28.4 Å². The SMILES string of the molecule is COC(=O)c1ccccc1NC(=O)c1cnc2scc(-c3ccccc3Cl)n2c1=O. The van der Waals surface area contributed by atoms with E-state index in [2.05, 4.69) is 10.3 Å². The fourth-order valence-corrected chi connectivity index (χ4v) is 4.06. The number of nitrogens with one attached hydrogen (secondary N) is 1. The molecule has 30 heavy (non-hydrogen) atoms. The topological polar surface area (TPSA) is 89.8 Å². The highest BCUT2D eigenvalue weighted by Gasteiger charge is 2.20. The highest BCUT2D eigenvalue weighted by Crippen LogP contribution is 2.30. The Bertz CT molecular complexity index is 1350. The van der Waals surface area contributed by atoms with Crippen molar-refractivity contribution >= 4 is 45.5 Å². The van der Waals surface area contributed by atoms with Crippen LogP contribution in [-0.2, 0) is 4.74 Å². The van der Waals surface area contributed by atoms with E-state index in [0.29, 0.717) is 21.2 Å². The quantitative estimate of drug-likeness (QED) is 0.483. The van der Waals surface area contributed by atoms with Crippen molar-refractivity contribution in [3.63, 3.8) is 0 Å². The van der Waals surface area contributed by atoms with Crippen molar-refractivity contribution in [2.24, 2.45) is 0 Å². The summed E-state index contributed by atoms with van der Waals surface area (Å²) in [5.74, 6) is -1.29. The maximum absolute atomic E-state index is 13.1. The van der Waals surface area contributed by atoms with Crippen LogP contribution < -0.4 is 10.9 Å². The maximum atomic E-state index is 13.1. The number of benzene rings is 2. The predicted molar refractivity (Wildman–Crippen MR) is 116 cm³/mol. The number of para-hydroxylation sites is 1. The molecular weight excluding hydrogens is 426 g/mol. The van der Waals surface area contributed by atoms with E-state index in [4.69, 9.17) is 16.3 Å². The Labute approximate surface area is 179 Å². The van der Waals surface area contributed by atoms with E-state index < -0.39 is 17.4 Å². The number of aromatic nitrogens is 2. The van der Waals surface area contributed by atoms with Gasteiger partial charge in [-0.15, -0.1) is 11.3 Å². The van der Waals surface area contributed by atoms with Gasteiger partial charge in [0.05, 0.1) is 24.1 Å². The second-order valence-corrected chi connectivity index (χ2v) is 7.43. The predicted octanol–water partition coefficient (Wildman–Crippen LogP) is 4.12. The third-order valence-electron chi connectivity index (χ3n) is 4.42. The summed E-state index contributed by atoms with van der Waals surface area (Å²) in [7, 11) is 1.25. The van der Waals surface area contributed by atoms with Gasteiger partial charge in [0.25, 0.3) is 11.5 Å². The number of halogens is 1. The van der Waals surface area contributed by atoms with Gasteiger partial charge in [0.2, 0.25) is 0 Å². The van der Waals surface area contributed by atoms with Crippen molar-refractivity contribution in [3.8, 4) is 11.3 Å². The normalized spacial score (nSPS) is 10.7. The lowest BCUT2D eigenvalue weighted by molar-refractivity contribution is 0.0602. The van der Waals surface area contributed by atoms with Gasteiger partial charge < -0.3 is 10.1 Å². The van der Waals surface area contributed by atoms with Crippen molar-refractivity contribution in [1.82, 2.24) is 9.38 Å². The van der Waals surface area contributed by atoms with Gasteiger partial charge in [0.1, 0.15) is 5.56 Å². The molecule has 0 bridgehead atoms. The molecule has 0 aliphatic heterocycles. The second kappa shape index (κ2) is 8.10. The first kappa shape index (κ1) is 19.8. The molecule has 2 heterocycles. The van der Waals surface area contributed by atoms with E-state index in [-0.39, 0.29) is 16.8 Å². The Kier molecular flexibility index (Phi) is 5.35. The van der Waals surface area contributed by atoms with Crippen LogP contribution in [0.4, 0.5) is 5.69 Å². The summed E-state index contributed by atoms with van der Waals surface area (Å²) in [4.78, 5) is 42.6. The first-order chi connectivity index (χ1) is 14.5. The number of rotatable bonds is 4. The molecular formula is C21H14ClN3O4S. The van der Waals surface area contributed by atoms with Crippen LogP contribution in [0.1, 0.15) is 20.7 Å². The second-order valence-electron chi connectivity index (χ2n) is 6.19. The van der Waals surface area contributed by atoms with Crippen LogP contribution in [0.15, 0.2) is 64.9 Å². The van der Waals surface area contributed by atoms with Crippen LogP contribution in [0.5, 0.6) is 0 Å². The fraction of sp³-hybridized carbons (Fsp3) is 0.0476. The van der Waals surface area contributed by atoms with Gasteiger partial charge in [-0.3, -0.25) is 14.0 Å². The minimum Gasteiger partial charge on any atom is -0.465 e. The zero-order chi connectivity index (χ0) is 21.3. The molecule has 0 saturated heterocycles. The largest absolute Gasteiger partial charge is 0.465 e. The highest BCUT2D eigenvalue weighted by atomic mass is 35.5. The van der Waals surface area contributed by atoms with Gasteiger partial charge >= 0.3 is 5.97 Å². The smallest absolute Gasteiger partial charge is 0.339 e. The zero-order valence-electron chi connectivity index (χ0n) is 15.6. The molecule has 2 aromatic carbocycles. The van der Waals surface area contributed by atoms with Crippen LogP contribution in [0.3, 0.4) is 0 Å². The number of fused-ring (bicyclic) bond motifs is 1. The molecule has 4 aromatic rings. The summed E-state index contributed by atoms with van der Waals surface area (Å²) >= 11 is 7.55. The molecule has 0 spiro atoms. The van der Waals surface area contributed by atoms with Crippen LogP contribution in [0.25, 0.3) is 16.2 Å². The monoisotopic (exact) mass is 439 g/mol. The molecule has 0 unspecified atom stereocenters. The minimum atomic E-state index is -0.686. The summed E-state index contributed by atoms with van der Waals surface area (Å²) in [5, 5.41) is 4.84. The molecule has 0 radical (unpaired) electrons. The van der Waals surface area contributed by atoms with Gasteiger partial charge in [-0.05, 0) is 18.2 Å². The molecule has 1 amide bonds. The molecule has 0 saturated carbocycles. The Morgan fingerprint density at radius 1 is 1.10 bits per heavy atom. The van der Waals surface area contributed by atoms with Crippen molar-refractivity contribution in [3.05, 3.63) is 86.6 Å². The number of ether oxygens (including phenoxy) is 1. The Morgan fingerprint density at radius 3 is 2.60 bits per heavy atom. The molecule has 0 fully saturated rings. The first-order valence-electron chi connectivity index (χ1n) is 8.74. The average molecular weight is 440 g/mol. The molecule has 7 nitrogen and oxygen atoms in total. The summed E-state index contributed by atoms with van der Waals surface area (Å²) in [6.07, 6.45) is 1.22. The Balaban J connectivity index is 1.78. The van der Waals surface area contributed by atoms with Crippen LogP contribution in [0, 0.1) is 0 Å². The molecule has 9 heteroatoms. The number of nitrogens with zero attached hydrogens (tertiary/aromatic N) is 2. The Morgan fingerprint density at radius 2 is 1.83 bits per heavy atom. The van der Waals surface area contributed by atoms with E-state index >= 15 is 0 Å². The van der Waals surface area contributed by atoms with Crippen molar-refractivity contribution in [2.75, 3.05) is 12.4 Å². The van der Waals surface area contributed by atoms with Gasteiger partial charge in [0.15, 0.2) is 4.96 Å². The number of methoxy groups -OCH3 is 1.